The summed E-state index contributed by atoms with van der Waals surface area (Å²) in [4.78, 5) is 27.9. The van der Waals surface area contributed by atoms with Crippen molar-refractivity contribution in [1.82, 2.24) is 4.90 Å². The summed E-state index contributed by atoms with van der Waals surface area (Å²) in [6.45, 7) is 3.85. The van der Waals surface area contributed by atoms with Crippen molar-refractivity contribution in [3.8, 4) is 5.75 Å². The second-order valence-electron chi connectivity index (χ2n) is 8.56. The first-order valence-corrected chi connectivity index (χ1v) is 11.5. The van der Waals surface area contributed by atoms with Gasteiger partial charge < -0.3 is 14.7 Å². The summed E-state index contributed by atoms with van der Waals surface area (Å²) in [6, 6.07) is 15.6. The molecule has 0 bridgehead atoms. The molecule has 1 saturated heterocycles. The molecule has 1 amide bonds. The van der Waals surface area contributed by atoms with Crippen LogP contribution in [0.3, 0.4) is 0 Å². The summed E-state index contributed by atoms with van der Waals surface area (Å²) in [7, 11) is 1.56. The van der Waals surface area contributed by atoms with Crippen LogP contribution in [0.15, 0.2) is 66.2 Å². The minimum atomic E-state index is -0.797. The van der Waals surface area contributed by atoms with Gasteiger partial charge in [-0.1, -0.05) is 35.9 Å². The highest BCUT2D eigenvalue weighted by atomic mass is 35.5. The minimum Gasteiger partial charge on any atom is -0.507 e. The number of ketones is 1. The van der Waals surface area contributed by atoms with Crippen LogP contribution in [0.2, 0.25) is 5.02 Å². The zero-order valence-electron chi connectivity index (χ0n) is 19.6. The third-order valence-electron chi connectivity index (χ3n) is 6.28. The van der Waals surface area contributed by atoms with Crippen LogP contribution in [0.1, 0.15) is 33.9 Å². The molecule has 1 N–H and O–H groups in total. The lowest BCUT2D eigenvalue weighted by Crippen LogP contribution is -2.31. The maximum absolute atomic E-state index is 13.3. The first kappa shape index (κ1) is 24.5. The molecule has 7 heteroatoms. The molecule has 0 radical (unpaired) electrons. The molecule has 180 valence electrons. The zero-order valence-corrected chi connectivity index (χ0v) is 20.4. The molecule has 4 rings (SSSR count). The van der Waals surface area contributed by atoms with Gasteiger partial charge in [-0.3, -0.25) is 9.59 Å². The van der Waals surface area contributed by atoms with Crippen molar-refractivity contribution in [2.75, 3.05) is 13.7 Å². The number of aliphatic hydroxyl groups excluding tert-OH is 1. The molecule has 0 aromatic heterocycles. The molecule has 1 atom stereocenters. The van der Waals surface area contributed by atoms with E-state index in [9.17, 15) is 19.1 Å². The zero-order chi connectivity index (χ0) is 25.3. The lowest BCUT2D eigenvalue weighted by Gasteiger charge is -2.25. The second kappa shape index (κ2) is 9.92. The number of aryl methyl sites for hydroxylation is 2. The molecule has 0 spiro atoms. The smallest absolute Gasteiger partial charge is 0.295 e. The van der Waals surface area contributed by atoms with Crippen molar-refractivity contribution < 1.29 is 23.8 Å². The van der Waals surface area contributed by atoms with E-state index in [-0.39, 0.29) is 23.7 Å². The maximum atomic E-state index is 13.3. The molecule has 1 unspecified atom stereocenters. The Morgan fingerprint density at radius 2 is 1.69 bits per heavy atom. The van der Waals surface area contributed by atoms with Gasteiger partial charge in [-0.15, -0.1) is 0 Å². The number of aliphatic hydroxyl groups is 1. The van der Waals surface area contributed by atoms with Gasteiger partial charge in [0.2, 0.25) is 0 Å². The van der Waals surface area contributed by atoms with Crippen molar-refractivity contribution in [3.63, 3.8) is 0 Å². The van der Waals surface area contributed by atoms with E-state index >= 15 is 0 Å². The number of halogens is 2. The fourth-order valence-corrected chi connectivity index (χ4v) is 4.54. The van der Waals surface area contributed by atoms with Crippen LogP contribution in [0.5, 0.6) is 5.75 Å². The van der Waals surface area contributed by atoms with E-state index in [1.165, 1.54) is 17.0 Å². The Kier molecular flexibility index (Phi) is 6.94. The first-order chi connectivity index (χ1) is 16.7. The van der Waals surface area contributed by atoms with E-state index in [1.807, 2.05) is 6.92 Å². The van der Waals surface area contributed by atoms with Gasteiger partial charge in [0.25, 0.3) is 11.7 Å². The monoisotopic (exact) mass is 493 g/mol. The normalized spacial score (nSPS) is 17.2. The molecule has 35 heavy (non-hydrogen) atoms. The van der Waals surface area contributed by atoms with Crippen molar-refractivity contribution in [1.29, 1.82) is 0 Å². The van der Waals surface area contributed by atoms with Gasteiger partial charge >= 0.3 is 0 Å². The number of hydrogen-bond donors (Lipinski definition) is 1. The predicted octanol–water partition coefficient (Wildman–Crippen LogP) is 5.77. The molecular weight excluding hydrogens is 469 g/mol. The number of amides is 1. The van der Waals surface area contributed by atoms with Crippen LogP contribution >= 0.6 is 11.6 Å². The Morgan fingerprint density at radius 3 is 2.31 bits per heavy atom. The van der Waals surface area contributed by atoms with E-state index in [2.05, 4.69) is 0 Å². The number of nitrogens with zero attached hydrogens (tertiary/aromatic N) is 1. The number of Topliss-reactive ketones (excluding diaryl/α,β-unsaturated/α-hetero) is 1. The third-order valence-corrected chi connectivity index (χ3v) is 6.53. The van der Waals surface area contributed by atoms with E-state index in [0.29, 0.717) is 33.9 Å². The number of methoxy groups -OCH3 is 1. The number of likely N-dealkylation sites (tertiary alicyclic amines) is 1. The summed E-state index contributed by atoms with van der Waals surface area (Å²) in [5.74, 6) is -1.38. The Labute approximate surface area is 208 Å². The molecule has 0 aliphatic carbocycles. The summed E-state index contributed by atoms with van der Waals surface area (Å²) in [5, 5.41) is 11.9. The molecule has 3 aromatic rings. The predicted molar refractivity (Wildman–Crippen MR) is 133 cm³/mol. The molecule has 5 nitrogen and oxygen atoms in total. The lowest BCUT2D eigenvalue weighted by molar-refractivity contribution is -0.139. The van der Waals surface area contributed by atoms with Gasteiger partial charge in [0.15, 0.2) is 0 Å². The molecule has 1 aliphatic rings. The van der Waals surface area contributed by atoms with Gasteiger partial charge in [0.1, 0.15) is 17.3 Å². The highest BCUT2D eigenvalue weighted by molar-refractivity contribution is 6.46. The fourth-order valence-electron chi connectivity index (χ4n) is 4.41. The summed E-state index contributed by atoms with van der Waals surface area (Å²) in [5.41, 5.74) is 3.44. The Balaban J connectivity index is 1.81. The number of carbonyl (C=O) groups excluding carboxylic acids is 2. The van der Waals surface area contributed by atoms with Crippen LogP contribution in [0, 0.1) is 19.7 Å². The number of hydrogen-bond acceptors (Lipinski definition) is 4. The topological polar surface area (TPSA) is 66.8 Å². The van der Waals surface area contributed by atoms with Crippen molar-refractivity contribution in [3.05, 3.63) is 105 Å². The third kappa shape index (κ3) is 4.80. The quantitative estimate of drug-likeness (QED) is 0.269. The van der Waals surface area contributed by atoms with Gasteiger partial charge in [-0.25, -0.2) is 4.39 Å². The van der Waals surface area contributed by atoms with E-state index in [0.717, 1.165) is 11.1 Å². The highest BCUT2D eigenvalue weighted by Gasteiger charge is 2.46. The molecule has 1 fully saturated rings. The van der Waals surface area contributed by atoms with Gasteiger partial charge in [-0.2, -0.15) is 0 Å². The largest absolute Gasteiger partial charge is 0.507 e. The van der Waals surface area contributed by atoms with Gasteiger partial charge in [-0.05, 0) is 78.9 Å². The maximum Gasteiger partial charge on any atom is 0.295 e. The van der Waals surface area contributed by atoms with E-state index in [1.54, 1.807) is 62.6 Å². The highest BCUT2D eigenvalue weighted by Crippen LogP contribution is 2.41. The Bertz CT molecular complexity index is 1320. The summed E-state index contributed by atoms with van der Waals surface area (Å²) >= 11 is 6.08. The van der Waals surface area contributed by atoms with Crippen molar-refractivity contribution in [2.24, 2.45) is 0 Å². The average Bonchev–Trinajstić information content (AvgIpc) is 3.09. The van der Waals surface area contributed by atoms with Crippen LogP contribution in [-0.2, 0) is 16.0 Å². The number of carbonyl (C=O) groups is 2. The minimum absolute atomic E-state index is 0.0177. The molecule has 1 aliphatic heterocycles. The Hall–Kier alpha value is -3.64. The average molecular weight is 494 g/mol. The fraction of sp³-hybridized carbons (Fsp3) is 0.214. The molecule has 3 aromatic carbocycles. The molecule has 0 saturated carbocycles. The van der Waals surface area contributed by atoms with Gasteiger partial charge in [0.05, 0.1) is 18.7 Å². The van der Waals surface area contributed by atoms with E-state index < -0.39 is 17.7 Å². The van der Waals surface area contributed by atoms with Crippen LogP contribution in [0.25, 0.3) is 5.76 Å². The number of benzene rings is 3. The number of ether oxygens (including phenoxy) is 1. The van der Waals surface area contributed by atoms with Crippen LogP contribution in [0.4, 0.5) is 4.39 Å². The van der Waals surface area contributed by atoms with E-state index in [4.69, 9.17) is 16.3 Å². The standard InChI is InChI=1S/C28H25ClFNO4/c1-16-15-23(35-3)17(2)14-22(16)26(32)24-25(19-6-8-20(29)9-7-19)31(28(34)27(24)33)13-12-18-4-10-21(30)11-5-18/h4-11,14-15,25,32H,12-13H2,1-3H3/b26-24+. The van der Waals surface area contributed by atoms with Crippen molar-refractivity contribution >= 4 is 29.1 Å². The first-order valence-electron chi connectivity index (χ1n) is 11.1. The SMILES string of the molecule is COc1cc(C)c(/C(O)=C2\C(=O)C(=O)N(CCc3ccc(F)cc3)C2c2ccc(Cl)cc2)cc1C. The second-order valence-corrected chi connectivity index (χ2v) is 8.99. The van der Waals surface area contributed by atoms with Crippen LogP contribution in [-0.4, -0.2) is 35.4 Å². The number of rotatable bonds is 6. The summed E-state index contributed by atoms with van der Waals surface area (Å²) in [6.07, 6.45) is 0.415. The molecular formula is C28H25ClFNO4. The molecule has 1 heterocycles. The van der Waals surface area contributed by atoms with Crippen LogP contribution < -0.4 is 4.74 Å². The van der Waals surface area contributed by atoms with Gasteiger partial charge in [0, 0.05) is 17.1 Å². The Morgan fingerprint density at radius 1 is 1.03 bits per heavy atom. The summed E-state index contributed by atoms with van der Waals surface area (Å²) < 4.78 is 18.7. The van der Waals surface area contributed by atoms with Crippen molar-refractivity contribution in [2.45, 2.75) is 26.3 Å². The lowest BCUT2D eigenvalue weighted by atomic mass is 9.93.